The number of phenols is 2. The van der Waals surface area contributed by atoms with Crippen molar-refractivity contribution in [3.8, 4) is 11.5 Å². The molecule has 0 aliphatic heterocycles. The van der Waals surface area contributed by atoms with Crippen molar-refractivity contribution in [3.63, 3.8) is 0 Å². The Morgan fingerprint density at radius 3 is 1.56 bits per heavy atom. The van der Waals surface area contributed by atoms with Gasteiger partial charge in [0.15, 0.2) is 0 Å². The van der Waals surface area contributed by atoms with Crippen LogP contribution in [0.1, 0.15) is 96.8 Å². The molecular weight excluding hydrogens is 424 g/mol. The number of carbonyl (C=O) groups is 1. The fraction of sp³-hybridized carbons (Fsp3) is 0.367. The van der Waals surface area contributed by atoms with Gasteiger partial charge in [0, 0.05) is 17.0 Å². The van der Waals surface area contributed by atoms with Crippen LogP contribution in [0.4, 0.5) is 0 Å². The Kier molecular flexibility index (Phi) is 6.58. The SMILES string of the molecule is Cc1cc(C(c2cccc(C(=O)O)c2)c2cc(C)cc(C(C)(C)C)c2O)c(O)c(C(C)(C)C)c1. The van der Waals surface area contributed by atoms with Gasteiger partial charge in [0.1, 0.15) is 11.5 Å². The number of aromatic hydroxyl groups is 2. The second-order valence-electron chi connectivity index (χ2n) is 11.4. The van der Waals surface area contributed by atoms with Crippen LogP contribution in [0.25, 0.3) is 0 Å². The van der Waals surface area contributed by atoms with Crippen LogP contribution >= 0.6 is 0 Å². The Morgan fingerprint density at radius 1 is 0.735 bits per heavy atom. The highest BCUT2D eigenvalue weighted by Crippen LogP contribution is 2.47. The molecule has 0 amide bonds. The summed E-state index contributed by atoms with van der Waals surface area (Å²) < 4.78 is 0. The minimum Gasteiger partial charge on any atom is -0.507 e. The first-order valence-corrected chi connectivity index (χ1v) is 11.6. The van der Waals surface area contributed by atoms with Gasteiger partial charge in [-0.15, -0.1) is 0 Å². The predicted molar refractivity (Wildman–Crippen MR) is 137 cm³/mol. The molecule has 0 unspecified atom stereocenters. The molecule has 0 saturated heterocycles. The normalized spacial score (nSPS) is 12.3. The lowest BCUT2D eigenvalue weighted by atomic mass is 9.76. The van der Waals surface area contributed by atoms with Crippen molar-refractivity contribution in [3.05, 3.63) is 93.0 Å². The number of hydrogen-bond acceptors (Lipinski definition) is 3. The molecule has 34 heavy (non-hydrogen) atoms. The van der Waals surface area contributed by atoms with E-state index in [0.717, 1.165) is 22.3 Å². The van der Waals surface area contributed by atoms with Gasteiger partial charge in [-0.25, -0.2) is 4.79 Å². The van der Waals surface area contributed by atoms with Crippen LogP contribution in [0.3, 0.4) is 0 Å². The van der Waals surface area contributed by atoms with Crippen molar-refractivity contribution in [1.29, 1.82) is 0 Å². The highest BCUT2D eigenvalue weighted by molar-refractivity contribution is 5.88. The summed E-state index contributed by atoms with van der Waals surface area (Å²) in [4.78, 5) is 11.8. The zero-order valence-electron chi connectivity index (χ0n) is 21.4. The van der Waals surface area contributed by atoms with Gasteiger partial charge in [0.25, 0.3) is 0 Å². The van der Waals surface area contributed by atoms with E-state index in [1.54, 1.807) is 18.2 Å². The molecule has 4 heteroatoms. The maximum absolute atomic E-state index is 11.8. The standard InChI is InChI=1S/C30H36O4/c1-17-12-21(26(31)23(14-17)29(3,4)5)25(19-10-9-11-20(16-19)28(33)34)22-13-18(2)15-24(27(22)32)30(6,7)8/h9-16,25,31-32H,1-8H3,(H,33,34). The molecule has 3 N–H and O–H groups in total. The van der Waals surface area contributed by atoms with E-state index in [9.17, 15) is 20.1 Å². The summed E-state index contributed by atoms with van der Waals surface area (Å²) in [6, 6.07) is 14.6. The predicted octanol–water partition coefficient (Wildman–Crippen LogP) is 7.19. The molecule has 180 valence electrons. The van der Waals surface area contributed by atoms with Gasteiger partial charge >= 0.3 is 5.97 Å². The molecule has 0 fully saturated rings. The van der Waals surface area contributed by atoms with E-state index in [4.69, 9.17) is 0 Å². The number of carboxylic acid groups (broad SMARTS) is 1. The number of aromatic carboxylic acids is 1. The molecule has 0 heterocycles. The molecule has 0 bridgehead atoms. The largest absolute Gasteiger partial charge is 0.507 e. The quantitative estimate of drug-likeness (QED) is 0.360. The van der Waals surface area contributed by atoms with Crippen molar-refractivity contribution < 1.29 is 20.1 Å². The minimum atomic E-state index is -1.02. The fourth-order valence-corrected chi connectivity index (χ4v) is 4.58. The number of carboxylic acids is 1. The van der Waals surface area contributed by atoms with Gasteiger partial charge < -0.3 is 15.3 Å². The van der Waals surface area contributed by atoms with Crippen molar-refractivity contribution in [2.45, 2.75) is 72.1 Å². The molecule has 0 aliphatic rings. The van der Waals surface area contributed by atoms with Crippen LogP contribution in [0.5, 0.6) is 11.5 Å². The van der Waals surface area contributed by atoms with E-state index < -0.39 is 11.9 Å². The fourth-order valence-electron chi connectivity index (χ4n) is 4.58. The summed E-state index contributed by atoms with van der Waals surface area (Å²) in [7, 11) is 0. The lowest BCUT2D eigenvalue weighted by molar-refractivity contribution is 0.0696. The second kappa shape index (κ2) is 8.83. The Bertz CT molecular complexity index is 1170. The highest BCUT2D eigenvalue weighted by Gasteiger charge is 2.31. The van der Waals surface area contributed by atoms with Gasteiger partial charge in [-0.05, 0) is 53.5 Å². The summed E-state index contributed by atoms with van der Waals surface area (Å²) >= 11 is 0. The summed E-state index contributed by atoms with van der Waals surface area (Å²) in [6.45, 7) is 16.3. The van der Waals surface area contributed by atoms with Crippen molar-refractivity contribution >= 4 is 5.97 Å². The topological polar surface area (TPSA) is 77.8 Å². The Hall–Kier alpha value is -3.27. The van der Waals surface area contributed by atoms with E-state index in [-0.39, 0.29) is 27.9 Å². The summed E-state index contributed by atoms with van der Waals surface area (Å²) in [5.74, 6) is -1.24. The van der Waals surface area contributed by atoms with E-state index in [1.165, 1.54) is 0 Å². The van der Waals surface area contributed by atoms with Crippen LogP contribution in [0.15, 0.2) is 48.5 Å². The highest BCUT2D eigenvalue weighted by atomic mass is 16.4. The van der Waals surface area contributed by atoms with Crippen LogP contribution in [0, 0.1) is 13.8 Å². The third-order valence-electron chi connectivity index (χ3n) is 6.27. The molecule has 0 atom stereocenters. The zero-order chi connectivity index (χ0) is 25.6. The van der Waals surface area contributed by atoms with Gasteiger partial charge in [-0.1, -0.05) is 89.1 Å². The zero-order valence-corrected chi connectivity index (χ0v) is 21.4. The number of phenolic OH excluding ortho intramolecular Hbond substituents is 2. The van der Waals surface area contributed by atoms with E-state index >= 15 is 0 Å². The maximum atomic E-state index is 11.8. The van der Waals surface area contributed by atoms with Gasteiger partial charge in [-0.2, -0.15) is 0 Å². The smallest absolute Gasteiger partial charge is 0.335 e. The molecule has 0 radical (unpaired) electrons. The third-order valence-corrected chi connectivity index (χ3v) is 6.27. The molecule has 4 nitrogen and oxygen atoms in total. The Labute approximate surface area is 202 Å². The molecule has 3 aromatic rings. The van der Waals surface area contributed by atoms with Crippen LogP contribution in [-0.4, -0.2) is 21.3 Å². The Morgan fingerprint density at radius 2 is 1.18 bits per heavy atom. The van der Waals surface area contributed by atoms with Crippen molar-refractivity contribution in [2.24, 2.45) is 0 Å². The molecule has 0 aromatic heterocycles. The summed E-state index contributed by atoms with van der Waals surface area (Å²) in [6.07, 6.45) is 0. The van der Waals surface area contributed by atoms with Crippen molar-refractivity contribution in [1.82, 2.24) is 0 Å². The molecule has 0 spiro atoms. The molecule has 0 saturated carbocycles. The van der Waals surface area contributed by atoms with E-state index in [1.807, 2.05) is 85.7 Å². The van der Waals surface area contributed by atoms with Crippen LogP contribution in [0.2, 0.25) is 0 Å². The Balaban J connectivity index is 2.45. The van der Waals surface area contributed by atoms with Crippen LogP contribution in [-0.2, 0) is 10.8 Å². The molecular formula is C30H36O4. The first kappa shape index (κ1) is 25.4. The lowest BCUT2D eigenvalue weighted by Crippen LogP contribution is -2.16. The van der Waals surface area contributed by atoms with Crippen molar-refractivity contribution in [2.75, 3.05) is 0 Å². The van der Waals surface area contributed by atoms with Gasteiger partial charge in [0.2, 0.25) is 0 Å². The first-order valence-electron chi connectivity index (χ1n) is 11.6. The summed E-state index contributed by atoms with van der Waals surface area (Å²) in [5, 5.41) is 32.7. The first-order chi connectivity index (χ1) is 15.6. The second-order valence-corrected chi connectivity index (χ2v) is 11.4. The number of benzene rings is 3. The molecule has 3 aromatic carbocycles. The van der Waals surface area contributed by atoms with E-state index in [0.29, 0.717) is 16.7 Å². The number of rotatable bonds is 4. The van der Waals surface area contributed by atoms with Crippen LogP contribution < -0.4 is 0 Å². The molecule has 0 aliphatic carbocycles. The number of aryl methyl sites for hydroxylation is 2. The third kappa shape index (κ3) is 4.96. The number of hydrogen-bond donors (Lipinski definition) is 3. The summed E-state index contributed by atoms with van der Waals surface area (Å²) in [5.41, 5.74) is 5.14. The average molecular weight is 461 g/mol. The van der Waals surface area contributed by atoms with E-state index in [2.05, 4.69) is 0 Å². The average Bonchev–Trinajstić information content (AvgIpc) is 2.71. The monoisotopic (exact) mass is 460 g/mol. The maximum Gasteiger partial charge on any atom is 0.335 e. The minimum absolute atomic E-state index is 0.161. The lowest BCUT2D eigenvalue weighted by Gasteiger charge is -2.29. The van der Waals surface area contributed by atoms with Gasteiger partial charge in [0.05, 0.1) is 5.56 Å². The van der Waals surface area contributed by atoms with Gasteiger partial charge in [-0.3, -0.25) is 0 Å². The molecule has 3 rings (SSSR count).